The van der Waals surface area contributed by atoms with Gasteiger partial charge in [0.05, 0.1) is 12.4 Å². The van der Waals surface area contributed by atoms with Crippen LogP contribution < -0.4 is 5.32 Å². The fourth-order valence-electron chi connectivity index (χ4n) is 2.68. The summed E-state index contributed by atoms with van der Waals surface area (Å²) in [6.45, 7) is 2.80. The molecule has 1 fully saturated rings. The number of halogens is 1. The highest BCUT2D eigenvalue weighted by Gasteiger charge is 2.31. The maximum absolute atomic E-state index is 12.4. The lowest BCUT2D eigenvalue weighted by Gasteiger charge is -2.30. The van der Waals surface area contributed by atoms with Gasteiger partial charge in [0, 0.05) is 36.8 Å². The molecule has 0 aromatic heterocycles. The smallest absolute Gasteiger partial charge is 0.227 e. The highest BCUT2D eigenvalue weighted by Crippen LogP contribution is 2.24. The van der Waals surface area contributed by atoms with Gasteiger partial charge in [0.25, 0.3) is 0 Å². The number of anilines is 1. The van der Waals surface area contributed by atoms with Gasteiger partial charge in [-0.3, -0.25) is 4.79 Å². The molecule has 8 heteroatoms. The third-order valence-corrected chi connectivity index (χ3v) is 6.29. The fraction of sp³-hybridized carbons (Fsp3) is 0.562. The molecule has 1 heterocycles. The predicted octanol–water partition coefficient (Wildman–Crippen LogP) is 2.28. The minimum Gasteiger partial charge on any atom is -0.384 e. The number of benzene rings is 1. The summed E-state index contributed by atoms with van der Waals surface area (Å²) in [4.78, 5) is 12.4. The summed E-state index contributed by atoms with van der Waals surface area (Å²) in [5.74, 6) is -0.311. The standard InChI is InChI=1S/C16H23ClN2O4S/c1-12-3-4-14(17)11-15(12)18-16(20)13-5-7-19(8-6-13)24(21,22)10-9-23-2/h3-4,11,13H,5-10H2,1-2H3,(H,18,20). The lowest BCUT2D eigenvalue weighted by Crippen LogP contribution is -2.42. The van der Waals surface area contributed by atoms with E-state index in [2.05, 4.69) is 5.32 Å². The molecular formula is C16H23ClN2O4S. The molecule has 1 saturated heterocycles. The molecule has 1 aliphatic heterocycles. The molecule has 0 saturated carbocycles. The summed E-state index contributed by atoms with van der Waals surface area (Å²) < 4.78 is 30.5. The maximum Gasteiger partial charge on any atom is 0.227 e. The van der Waals surface area contributed by atoms with Crippen molar-refractivity contribution in [3.05, 3.63) is 28.8 Å². The van der Waals surface area contributed by atoms with Crippen LogP contribution in [0, 0.1) is 12.8 Å². The van der Waals surface area contributed by atoms with E-state index >= 15 is 0 Å². The first-order chi connectivity index (χ1) is 11.3. The van der Waals surface area contributed by atoms with Crippen LogP contribution in [-0.4, -0.2) is 51.2 Å². The Labute approximate surface area is 148 Å². The molecule has 0 unspecified atom stereocenters. The van der Waals surface area contributed by atoms with Crippen LogP contribution in [0.4, 0.5) is 5.69 Å². The number of ether oxygens (including phenoxy) is 1. The Kier molecular flexibility index (Phi) is 6.62. The third kappa shape index (κ3) is 4.92. The molecule has 1 amide bonds. The average molecular weight is 375 g/mol. The largest absolute Gasteiger partial charge is 0.384 e. The van der Waals surface area contributed by atoms with Gasteiger partial charge in [0.1, 0.15) is 0 Å². The second-order valence-corrected chi connectivity index (χ2v) is 8.46. The minimum absolute atomic E-state index is 0.0257. The van der Waals surface area contributed by atoms with Crippen molar-refractivity contribution in [1.29, 1.82) is 0 Å². The molecule has 1 N–H and O–H groups in total. The van der Waals surface area contributed by atoms with Crippen LogP contribution >= 0.6 is 11.6 Å². The Balaban J connectivity index is 1.92. The molecule has 0 radical (unpaired) electrons. The van der Waals surface area contributed by atoms with E-state index in [1.807, 2.05) is 13.0 Å². The van der Waals surface area contributed by atoms with E-state index in [0.717, 1.165) is 5.56 Å². The number of aryl methyl sites for hydroxylation is 1. The number of hydrogen-bond donors (Lipinski definition) is 1. The lowest BCUT2D eigenvalue weighted by atomic mass is 9.97. The third-order valence-electron chi connectivity index (χ3n) is 4.22. The number of rotatable bonds is 6. The first-order valence-electron chi connectivity index (χ1n) is 7.87. The molecule has 0 atom stereocenters. The SMILES string of the molecule is COCCS(=O)(=O)N1CCC(C(=O)Nc2cc(Cl)ccc2C)CC1. The predicted molar refractivity (Wildman–Crippen MR) is 94.8 cm³/mol. The summed E-state index contributed by atoms with van der Waals surface area (Å²) in [5, 5.41) is 3.46. The van der Waals surface area contributed by atoms with E-state index in [9.17, 15) is 13.2 Å². The van der Waals surface area contributed by atoms with E-state index < -0.39 is 10.0 Å². The molecule has 1 aromatic carbocycles. The lowest BCUT2D eigenvalue weighted by molar-refractivity contribution is -0.120. The summed E-state index contributed by atoms with van der Waals surface area (Å²) in [5.41, 5.74) is 1.63. The topological polar surface area (TPSA) is 75.7 Å². The summed E-state index contributed by atoms with van der Waals surface area (Å²) >= 11 is 5.96. The number of piperidine rings is 1. The van der Waals surface area contributed by atoms with Crippen molar-refractivity contribution in [3.8, 4) is 0 Å². The van der Waals surface area contributed by atoms with E-state index in [1.54, 1.807) is 12.1 Å². The second-order valence-electron chi connectivity index (χ2n) is 5.93. The van der Waals surface area contributed by atoms with Crippen LogP contribution in [0.1, 0.15) is 18.4 Å². The van der Waals surface area contributed by atoms with Crippen molar-refractivity contribution >= 4 is 33.2 Å². The van der Waals surface area contributed by atoms with E-state index in [4.69, 9.17) is 16.3 Å². The molecule has 1 aliphatic rings. The monoisotopic (exact) mass is 374 g/mol. The van der Waals surface area contributed by atoms with Crippen LogP contribution in [-0.2, 0) is 19.6 Å². The Bertz CT molecular complexity index is 685. The van der Waals surface area contributed by atoms with Crippen molar-refractivity contribution in [3.63, 3.8) is 0 Å². The Morgan fingerprint density at radius 1 is 1.38 bits per heavy atom. The van der Waals surface area contributed by atoms with Gasteiger partial charge >= 0.3 is 0 Å². The Morgan fingerprint density at radius 2 is 2.04 bits per heavy atom. The average Bonchev–Trinajstić information content (AvgIpc) is 2.56. The van der Waals surface area contributed by atoms with Crippen LogP contribution in [0.5, 0.6) is 0 Å². The molecular weight excluding hydrogens is 352 g/mol. The molecule has 0 aliphatic carbocycles. The molecule has 1 aromatic rings. The Hall–Kier alpha value is -1.15. The number of nitrogens with zero attached hydrogens (tertiary/aromatic N) is 1. The van der Waals surface area contributed by atoms with Gasteiger partial charge < -0.3 is 10.1 Å². The van der Waals surface area contributed by atoms with Crippen LogP contribution in [0.3, 0.4) is 0 Å². The molecule has 6 nitrogen and oxygen atoms in total. The van der Waals surface area contributed by atoms with Gasteiger partial charge in [-0.15, -0.1) is 0 Å². The summed E-state index contributed by atoms with van der Waals surface area (Å²) in [6.07, 6.45) is 1.02. The maximum atomic E-state index is 12.4. The molecule has 24 heavy (non-hydrogen) atoms. The van der Waals surface area contributed by atoms with Crippen molar-refractivity contribution in [1.82, 2.24) is 4.31 Å². The number of hydrogen-bond acceptors (Lipinski definition) is 4. The van der Waals surface area contributed by atoms with E-state index in [0.29, 0.717) is 36.6 Å². The van der Waals surface area contributed by atoms with Crippen molar-refractivity contribution < 1.29 is 17.9 Å². The fourth-order valence-corrected chi connectivity index (χ4v) is 4.25. The zero-order valence-corrected chi connectivity index (χ0v) is 15.5. The zero-order chi connectivity index (χ0) is 17.7. The van der Waals surface area contributed by atoms with Crippen LogP contribution in [0.15, 0.2) is 18.2 Å². The van der Waals surface area contributed by atoms with E-state index in [-0.39, 0.29) is 24.2 Å². The number of sulfonamides is 1. The highest BCUT2D eigenvalue weighted by atomic mass is 35.5. The first kappa shape index (κ1) is 19.2. The molecule has 2 rings (SSSR count). The number of nitrogens with one attached hydrogen (secondary N) is 1. The van der Waals surface area contributed by atoms with Crippen LogP contribution in [0.2, 0.25) is 5.02 Å². The van der Waals surface area contributed by atoms with Gasteiger partial charge in [-0.2, -0.15) is 0 Å². The normalized spacial score (nSPS) is 17.0. The molecule has 134 valence electrons. The first-order valence-corrected chi connectivity index (χ1v) is 9.86. The van der Waals surface area contributed by atoms with Gasteiger partial charge in [0.2, 0.25) is 15.9 Å². The number of methoxy groups -OCH3 is 1. The van der Waals surface area contributed by atoms with Crippen molar-refractivity contribution in [2.24, 2.45) is 5.92 Å². The minimum atomic E-state index is -3.31. The summed E-state index contributed by atoms with van der Waals surface area (Å²) in [7, 11) is -1.83. The molecule has 0 spiro atoms. The highest BCUT2D eigenvalue weighted by molar-refractivity contribution is 7.89. The number of carbonyl (C=O) groups is 1. The Morgan fingerprint density at radius 3 is 2.67 bits per heavy atom. The number of carbonyl (C=O) groups excluding carboxylic acids is 1. The van der Waals surface area contributed by atoms with Gasteiger partial charge in [-0.1, -0.05) is 17.7 Å². The van der Waals surface area contributed by atoms with Gasteiger partial charge in [0.15, 0.2) is 0 Å². The van der Waals surface area contributed by atoms with Crippen molar-refractivity contribution in [2.75, 3.05) is 37.9 Å². The summed E-state index contributed by atoms with van der Waals surface area (Å²) in [6, 6.07) is 5.35. The quantitative estimate of drug-likeness (QED) is 0.828. The van der Waals surface area contributed by atoms with Gasteiger partial charge in [-0.25, -0.2) is 12.7 Å². The van der Waals surface area contributed by atoms with E-state index in [1.165, 1.54) is 11.4 Å². The number of amides is 1. The van der Waals surface area contributed by atoms with Crippen molar-refractivity contribution in [2.45, 2.75) is 19.8 Å². The zero-order valence-electron chi connectivity index (χ0n) is 13.9. The second kappa shape index (κ2) is 8.29. The van der Waals surface area contributed by atoms with Gasteiger partial charge in [-0.05, 0) is 37.5 Å². The van der Waals surface area contributed by atoms with Crippen LogP contribution in [0.25, 0.3) is 0 Å². The molecule has 0 bridgehead atoms.